The van der Waals surface area contributed by atoms with Crippen LogP contribution in [0.15, 0.2) is 12.1 Å². The lowest BCUT2D eigenvalue weighted by Crippen LogP contribution is -2.46. The number of hydrogen-bond donors (Lipinski definition) is 1. The number of aryl methyl sites for hydroxylation is 1. The van der Waals surface area contributed by atoms with Crippen LogP contribution in [0, 0.1) is 6.92 Å². The molecule has 1 aromatic carbocycles. The van der Waals surface area contributed by atoms with Gasteiger partial charge in [-0.3, -0.25) is 0 Å². The fourth-order valence-corrected chi connectivity index (χ4v) is 2.71. The largest absolute Gasteiger partial charge is 0.489 e. The Morgan fingerprint density at radius 3 is 3.12 bits per heavy atom. The highest BCUT2D eigenvalue weighted by Crippen LogP contribution is 2.39. The van der Waals surface area contributed by atoms with E-state index >= 15 is 0 Å². The average Bonchev–Trinajstić information content (AvgIpc) is 2.31. The van der Waals surface area contributed by atoms with Crippen LogP contribution in [0.25, 0.3) is 0 Å². The van der Waals surface area contributed by atoms with Crippen LogP contribution in [-0.4, -0.2) is 19.2 Å². The third-order valence-corrected chi connectivity index (χ3v) is 3.72. The van der Waals surface area contributed by atoms with Crippen LogP contribution in [0.5, 0.6) is 5.75 Å². The van der Waals surface area contributed by atoms with Crippen LogP contribution in [0.2, 0.25) is 0 Å². The van der Waals surface area contributed by atoms with Crippen molar-refractivity contribution in [3.8, 4) is 5.75 Å². The normalized spacial score (nSPS) is 23.3. The van der Waals surface area contributed by atoms with Gasteiger partial charge in [-0.25, -0.2) is 0 Å². The van der Waals surface area contributed by atoms with Crippen LogP contribution in [0.3, 0.4) is 0 Å². The molecule has 16 heavy (non-hydrogen) atoms. The van der Waals surface area contributed by atoms with E-state index in [0.29, 0.717) is 6.04 Å². The Hall–Kier alpha value is -1.38. The summed E-state index contributed by atoms with van der Waals surface area (Å²) < 4.78 is 5.81. The molecule has 2 N–H and O–H groups in total. The Morgan fingerprint density at radius 2 is 2.25 bits per heavy atom. The monoisotopic (exact) mass is 218 g/mol. The standard InChI is InChI=1S/C13H18N2O/c1-9-6-12-13(7-11(9)14)16-8-10-4-2-3-5-15(10)12/h6-7,10H,2-5,8,14H2,1H3. The molecule has 0 aliphatic carbocycles. The van der Waals surface area contributed by atoms with Gasteiger partial charge in [-0.2, -0.15) is 0 Å². The minimum absolute atomic E-state index is 0.573. The second kappa shape index (κ2) is 3.58. The maximum atomic E-state index is 5.91. The number of benzene rings is 1. The zero-order valence-electron chi connectivity index (χ0n) is 9.70. The van der Waals surface area contributed by atoms with Crippen LogP contribution < -0.4 is 15.4 Å². The van der Waals surface area contributed by atoms with E-state index in [9.17, 15) is 0 Å². The molecule has 1 atom stereocenters. The molecule has 0 amide bonds. The number of anilines is 2. The molecule has 2 aliphatic heterocycles. The summed E-state index contributed by atoms with van der Waals surface area (Å²) in [6, 6.07) is 4.71. The van der Waals surface area contributed by atoms with Gasteiger partial charge in [0.15, 0.2) is 0 Å². The Bertz CT molecular complexity index is 417. The molecule has 0 aromatic heterocycles. The lowest BCUT2D eigenvalue weighted by molar-refractivity contribution is 0.240. The summed E-state index contributed by atoms with van der Waals surface area (Å²) in [7, 11) is 0. The minimum Gasteiger partial charge on any atom is -0.489 e. The predicted molar refractivity (Wildman–Crippen MR) is 66.1 cm³/mol. The molecule has 2 aliphatic rings. The number of piperidine rings is 1. The zero-order chi connectivity index (χ0) is 11.1. The Balaban J connectivity index is 2.04. The van der Waals surface area contributed by atoms with E-state index in [0.717, 1.165) is 30.2 Å². The molecule has 1 aromatic rings. The molecule has 0 saturated carbocycles. The van der Waals surface area contributed by atoms with Gasteiger partial charge in [0.2, 0.25) is 0 Å². The van der Waals surface area contributed by atoms with E-state index in [4.69, 9.17) is 10.5 Å². The molecular formula is C13H18N2O. The van der Waals surface area contributed by atoms with Gasteiger partial charge in [-0.05, 0) is 37.8 Å². The highest BCUT2D eigenvalue weighted by atomic mass is 16.5. The summed E-state index contributed by atoms with van der Waals surface area (Å²) in [6.07, 6.45) is 3.87. The first kappa shape index (κ1) is 9.82. The van der Waals surface area contributed by atoms with Gasteiger partial charge in [-0.15, -0.1) is 0 Å². The number of nitrogens with two attached hydrogens (primary N) is 1. The van der Waals surface area contributed by atoms with Crippen molar-refractivity contribution in [2.45, 2.75) is 32.2 Å². The molecule has 3 nitrogen and oxygen atoms in total. The zero-order valence-corrected chi connectivity index (χ0v) is 9.70. The molecule has 2 heterocycles. The lowest BCUT2D eigenvalue weighted by Gasteiger charge is -2.42. The summed E-state index contributed by atoms with van der Waals surface area (Å²) in [5, 5.41) is 0. The third-order valence-electron chi connectivity index (χ3n) is 3.72. The fraction of sp³-hybridized carbons (Fsp3) is 0.538. The van der Waals surface area contributed by atoms with E-state index in [-0.39, 0.29) is 0 Å². The molecular weight excluding hydrogens is 200 g/mol. The summed E-state index contributed by atoms with van der Waals surface area (Å²) >= 11 is 0. The Morgan fingerprint density at radius 1 is 1.38 bits per heavy atom. The first-order valence-electron chi connectivity index (χ1n) is 6.05. The van der Waals surface area contributed by atoms with Crippen molar-refractivity contribution < 1.29 is 4.74 Å². The maximum absolute atomic E-state index is 5.91. The number of ether oxygens (including phenoxy) is 1. The van der Waals surface area contributed by atoms with E-state index in [1.165, 1.54) is 24.9 Å². The minimum atomic E-state index is 0.573. The van der Waals surface area contributed by atoms with Crippen LogP contribution in [0.4, 0.5) is 11.4 Å². The quantitative estimate of drug-likeness (QED) is 0.679. The second-order valence-corrected chi connectivity index (χ2v) is 4.83. The van der Waals surface area contributed by atoms with Crippen molar-refractivity contribution in [1.82, 2.24) is 0 Å². The van der Waals surface area contributed by atoms with Crippen LogP contribution >= 0.6 is 0 Å². The smallest absolute Gasteiger partial charge is 0.144 e. The Kier molecular flexibility index (Phi) is 2.20. The van der Waals surface area contributed by atoms with E-state index < -0.39 is 0 Å². The highest BCUT2D eigenvalue weighted by Gasteiger charge is 2.29. The summed E-state index contributed by atoms with van der Waals surface area (Å²) in [5.41, 5.74) is 9.13. The van der Waals surface area contributed by atoms with Crippen molar-refractivity contribution in [1.29, 1.82) is 0 Å². The van der Waals surface area contributed by atoms with E-state index in [2.05, 4.69) is 17.9 Å². The van der Waals surface area contributed by atoms with Crippen molar-refractivity contribution in [2.24, 2.45) is 0 Å². The van der Waals surface area contributed by atoms with Gasteiger partial charge in [0.05, 0.1) is 11.7 Å². The van der Waals surface area contributed by atoms with Crippen LogP contribution in [0.1, 0.15) is 24.8 Å². The van der Waals surface area contributed by atoms with Gasteiger partial charge in [0, 0.05) is 18.3 Å². The molecule has 86 valence electrons. The molecule has 3 rings (SSSR count). The van der Waals surface area contributed by atoms with Crippen LogP contribution in [-0.2, 0) is 0 Å². The molecule has 0 spiro atoms. The summed E-state index contributed by atoms with van der Waals surface area (Å²) in [4.78, 5) is 2.49. The maximum Gasteiger partial charge on any atom is 0.144 e. The number of nitrogen functional groups attached to an aromatic ring is 1. The number of rotatable bonds is 0. The van der Waals surface area contributed by atoms with Gasteiger partial charge in [0.25, 0.3) is 0 Å². The topological polar surface area (TPSA) is 38.5 Å². The van der Waals surface area contributed by atoms with Gasteiger partial charge < -0.3 is 15.4 Å². The van der Waals surface area contributed by atoms with Crippen molar-refractivity contribution in [3.05, 3.63) is 17.7 Å². The van der Waals surface area contributed by atoms with E-state index in [1.54, 1.807) is 0 Å². The molecule has 1 unspecified atom stereocenters. The number of nitrogens with zero attached hydrogens (tertiary/aromatic N) is 1. The lowest BCUT2D eigenvalue weighted by atomic mass is 9.99. The van der Waals surface area contributed by atoms with Gasteiger partial charge >= 0.3 is 0 Å². The Labute approximate surface area is 96.2 Å². The predicted octanol–water partition coefficient (Wildman–Crippen LogP) is 2.33. The van der Waals surface area contributed by atoms with E-state index in [1.807, 2.05) is 6.07 Å². The fourth-order valence-electron chi connectivity index (χ4n) is 2.71. The van der Waals surface area contributed by atoms with Crippen molar-refractivity contribution in [3.63, 3.8) is 0 Å². The molecule has 3 heteroatoms. The second-order valence-electron chi connectivity index (χ2n) is 4.83. The average molecular weight is 218 g/mol. The SMILES string of the molecule is Cc1cc2c(cc1N)OCC1CCCCN21. The number of fused-ring (bicyclic) bond motifs is 3. The molecule has 1 saturated heterocycles. The number of hydrogen-bond acceptors (Lipinski definition) is 3. The van der Waals surface area contributed by atoms with Gasteiger partial charge in [-0.1, -0.05) is 0 Å². The molecule has 0 bridgehead atoms. The third kappa shape index (κ3) is 1.42. The first-order chi connectivity index (χ1) is 7.75. The van der Waals surface area contributed by atoms with Crippen molar-refractivity contribution >= 4 is 11.4 Å². The first-order valence-corrected chi connectivity index (χ1v) is 6.05. The van der Waals surface area contributed by atoms with Crippen molar-refractivity contribution in [2.75, 3.05) is 23.8 Å². The van der Waals surface area contributed by atoms with Gasteiger partial charge in [0.1, 0.15) is 12.4 Å². The summed E-state index contributed by atoms with van der Waals surface area (Å²) in [6.45, 7) is 4.03. The molecule has 0 radical (unpaired) electrons. The highest BCUT2D eigenvalue weighted by molar-refractivity contribution is 5.68. The molecule has 1 fully saturated rings. The summed E-state index contributed by atoms with van der Waals surface area (Å²) in [5.74, 6) is 0.959.